The first kappa shape index (κ1) is 19.6. The minimum atomic E-state index is -3.94. The number of methoxy groups -OCH3 is 1. The number of hydrogen-bond donors (Lipinski definition) is 1. The van der Waals surface area contributed by atoms with E-state index in [0.717, 1.165) is 4.57 Å². The van der Waals surface area contributed by atoms with E-state index >= 15 is 0 Å². The minimum absolute atomic E-state index is 0.163. The molecular formula is C17H18FN3O4S. The second kappa shape index (κ2) is 8.12. The Bertz CT molecular complexity index is 965. The zero-order valence-corrected chi connectivity index (χ0v) is 15.0. The van der Waals surface area contributed by atoms with E-state index in [-0.39, 0.29) is 5.69 Å². The fraction of sp³-hybridized carbons (Fsp3) is 0.294. The average molecular weight is 379 g/mol. The summed E-state index contributed by atoms with van der Waals surface area (Å²) in [6.45, 7) is 1.52. The van der Waals surface area contributed by atoms with Gasteiger partial charge in [-0.25, -0.2) is 12.8 Å². The van der Waals surface area contributed by atoms with Gasteiger partial charge in [-0.2, -0.15) is 5.26 Å². The van der Waals surface area contributed by atoms with Crippen molar-refractivity contribution >= 4 is 15.7 Å². The number of rotatable bonds is 7. The third kappa shape index (κ3) is 4.68. The molecule has 7 nitrogen and oxygen atoms in total. The Balaban J connectivity index is 2.25. The van der Waals surface area contributed by atoms with Crippen LogP contribution in [-0.2, 0) is 14.8 Å². The first-order chi connectivity index (χ1) is 12.3. The molecule has 0 bridgehead atoms. The van der Waals surface area contributed by atoms with Crippen molar-refractivity contribution in [2.45, 2.75) is 19.1 Å². The predicted molar refractivity (Wildman–Crippen MR) is 94.6 cm³/mol. The molecule has 1 N–H and O–H groups in total. The number of anilines is 1. The first-order valence-corrected chi connectivity index (χ1v) is 9.32. The summed E-state index contributed by atoms with van der Waals surface area (Å²) in [6.07, 6.45) is 0.571. The van der Waals surface area contributed by atoms with Crippen LogP contribution in [0.1, 0.15) is 24.6 Å². The molecule has 2 rings (SSSR count). The molecule has 2 unspecified atom stereocenters. The van der Waals surface area contributed by atoms with Crippen molar-refractivity contribution in [1.29, 1.82) is 5.26 Å². The van der Waals surface area contributed by atoms with Gasteiger partial charge in [0.25, 0.3) is 5.56 Å². The van der Waals surface area contributed by atoms with Gasteiger partial charge in [-0.3, -0.25) is 14.1 Å². The molecule has 1 aromatic heterocycles. The highest BCUT2D eigenvalue weighted by atomic mass is 32.2. The number of sulfonamides is 1. The van der Waals surface area contributed by atoms with Crippen LogP contribution in [0.5, 0.6) is 0 Å². The molecule has 0 aliphatic heterocycles. The maximum Gasteiger partial charge on any atom is 0.275 e. The summed E-state index contributed by atoms with van der Waals surface area (Å²) in [5.74, 6) is -0.905. The van der Waals surface area contributed by atoms with E-state index in [1.165, 1.54) is 56.6 Å². The second-order valence-corrected chi connectivity index (χ2v) is 7.37. The number of nitriles is 1. The van der Waals surface area contributed by atoms with Crippen LogP contribution in [0.15, 0.2) is 47.4 Å². The van der Waals surface area contributed by atoms with Crippen molar-refractivity contribution in [3.63, 3.8) is 0 Å². The zero-order valence-electron chi connectivity index (χ0n) is 14.2. The van der Waals surface area contributed by atoms with E-state index in [1.807, 2.05) is 6.07 Å². The number of ether oxygens (including phenoxy) is 1. The SMILES string of the molecule is COC(CS(=O)(=O)Nc1cccn(C(C)C#N)c1=O)c1ccc(F)cc1. The van der Waals surface area contributed by atoms with Crippen molar-refractivity contribution in [2.24, 2.45) is 0 Å². The third-order valence-electron chi connectivity index (χ3n) is 3.74. The summed E-state index contributed by atoms with van der Waals surface area (Å²) in [5, 5.41) is 8.94. The molecule has 0 amide bonds. The Morgan fingerprint density at radius 2 is 1.96 bits per heavy atom. The quantitative estimate of drug-likeness (QED) is 0.795. The maximum atomic E-state index is 13.0. The summed E-state index contributed by atoms with van der Waals surface area (Å²) in [6, 6.07) is 9.25. The van der Waals surface area contributed by atoms with Crippen LogP contribution < -0.4 is 10.3 Å². The number of aromatic nitrogens is 1. The summed E-state index contributed by atoms with van der Waals surface area (Å²) >= 11 is 0. The Labute approximate surface area is 150 Å². The fourth-order valence-corrected chi connectivity index (χ4v) is 3.64. The van der Waals surface area contributed by atoms with Gasteiger partial charge in [-0.1, -0.05) is 12.1 Å². The Kier molecular flexibility index (Phi) is 6.13. The molecule has 9 heteroatoms. The van der Waals surface area contributed by atoms with Gasteiger partial charge in [0.15, 0.2) is 0 Å². The topological polar surface area (TPSA) is 101 Å². The van der Waals surface area contributed by atoms with E-state index in [0.29, 0.717) is 5.56 Å². The normalized spacial score (nSPS) is 13.6. The third-order valence-corrected chi connectivity index (χ3v) is 5.01. The van der Waals surface area contributed by atoms with Crippen LogP contribution in [0.4, 0.5) is 10.1 Å². The molecule has 0 saturated carbocycles. The lowest BCUT2D eigenvalue weighted by molar-refractivity contribution is 0.122. The number of halogens is 1. The molecule has 0 aliphatic rings. The fourth-order valence-electron chi connectivity index (χ4n) is 2.34. The summed E-state index contributed by atoms with van der Waals surface area (Å²) in [5.41, 5.74) is -0.299. The number of hydrogen-bond acceptors (Lipinski definition) is 5. The van der Waals surface area contributed by atoms with E-state index < -0.39 is 39.3 Å². The van der Waals surface area contributed by atoms with Crippen LogP contribution in [0.25, 0.3) is 0 Å². The van der Waals surface area contributed by atoms with Gasteiger partial charge in [0, 0.05) is 13.3 Å². The van der Waals surface area contributed by atoms with E-state index in [4.69, 9.17) is 10.00 Å². The van der Waals surface area contributed by atoms with Crippen molar-refractivity contribution in [1.82, 2.24) is 4.57 Å². The van der Waals surface area contributed by atoms with E-state index in [1.54, 1.807) is 0 Å². The largest absolute Gasteiger partial charge is 0.376 e. The summed E-state index contributed by atoms with van der Waals surface area (Å²) in [4.78, 5) is 12.3. The highest BCUT2D eigenvalue weighted by Crippen LogP contribution is 2.20. The van der Waals surface area contributed by atoms with Gasteiger partial charge in [0.2, 0.25) is 10.0 Å². The molecular weight excluding hydrogens is 361 g/mol. The molecule has 0 radical (unpaired) electrons. The van der Waals surface area contributed by atoms with Gasteiger partial charge < -0.3 is 4.74 Å². The zero-order chi connectivity index (χ0) is 19.3. The molecule has 0 saturated heterocycles. The molecule has 1 aromatic carbocycles. The van der Waals surface area contributed by atoms with Crippen molar-refractivity contribution in [3.8, 4) is 6.07 Å². The average Bonchev–Trinajstić information content (AvgIpc) is 2.61. The van der Waals surface area contributed by atoms with E-state index in [9.17, 15) is 17.6 Å². The summed E-state index contributed by atoms with van der Waals surface area (Å²) in [7, 11) is -2.60. The van der Waals surface area contributed by atoms with Crippen molar-refractivity contribution in [3.05, 3.63) is 64.3 Å². The van der Waals surface area contributed by atoms with Gasteiger partial charge in [0.1, 0.15) is 17.5 Å². The van der Waals surface area contributed by atoms with Crippen molar-refractivity contribution in [2.75, 3.05) is 17.6 Å². The lowest BCUT2D eigenvalue weighted by atomic mass is 10.1. The smallest absolute Gasteiger partial charge is 0.275 e. The molecule has 2 atom stereocenters. The molecule has 0 aliphatic carbocycles. The van der Waals surface area contributed by atoms with Gasteiger partial charge in [-0.05, 0) is 36.8 Å². The molecule has 138 valence electrons. The van der Waals surface area contributed by atoms with Crippen LogP contribution in [0, 0.1) is 17.1 Å². The minimum Gasteiger partial charge on any atom is -0.376 e. The molecule has 0 fully saturated rings. The summed E-state index contributed by atoms with van der Waals surface area (Å²) < 4.78 is 46.4. The molecule has 2 aromatic rings. The number of pyridine rings is 1. The number of nitrogens with one attached hydrogen (secondary N) is 1. The van der Waals surface area contributed by atoms with Crippen LogP contribution in [0.2, 0.25) is 0 Å². The Morgan fingerprint density at radius 1 is 1.31 bits per heavy atom. The van der Waals surface area contributed by atoms with Gasteiger partial charge in [-0.15, -0.1) is 0 Å². The van der Waals surface area contributed by atoms with Crippen molar-refractivity contribution < 1.29 is 17.5 Å². The number of benzene rings is 1. The number of nitrogens with zero attached hydrogens (tertiary/aromatic N) is 2. The highest BCUT2D eigenvalue weighted by Gasteiger charge is 2.22. The van der Waals surface area contributed by atoms with Gasteiger partial charge >= 0.3 is 0 Å². The van der Waals surface area contributed by atoms with Crippen LogP contribution >= 0.6 is 0 Å². The Hall–Kier alpha value is -2.70. The highest BCUT2D eigenvalue weighted by molar-refractivity contribution is 7.92. The van der Waals surface area contributed by atoms with Gasteiger partial charge in [0.05, 0.1) is 17.9 Å². The van der Waals surface area contributed by atoms with Crippen LogP contribution in [-0.4, -0.2) is 25.8 Å². The standard InChI is InChI=1S/C17H18FN3O4S/c1-12(10-19)21-9-3-4-15(17(21)22)20-26(23,24)11-16(25-2)13-5-7-14(18)8-6-13/h3-9,12,16,20H,11H2,1-2H3. The monoisotopic (exact) mass is 379 g/mol. The lowest BCUT2D eigenvalue weighted by Crippen LogP contribution is -2.29. The lowest BCUT2D eigenvalue weighted by Gasteiger charge is -2.17. The second-order valence-electron chi connectivity index (χ2n) is 5.60. The Morgan fingerprint density at radius 3 is 2.54 bits per heavy atom. The van der Waals surface area contributed by atoms with Crippen LogP contribution in [0.3, 0.4) is 0 Å². The molecule has 26 heavy (non-hydrogen) atoms. The predicted octanol–water partition coefficient (Wildman–Crippen LogP) is 2.20. The van der Waals surface area contributed by atoms with E-state index in [2.05, 4.69) is 4.72 Å². The first-order valence-electron chi connectivity index (χ1n) is 7.67. The molecule has 1 heterocycles. The maximum absolute atomic E-state index is 13.0. The molecule has 0 spiro atoms.